The van der Waals surface area contributed by atoms with Gasteiger partial charge in [-0.15, -0.1) is 0 Å². The van der Waals surface area contributed by atoms with Crippen molar-refractivity contribution in [3.63, 3.8) is 0 Å². The Labute approximate surface area is 121 Å². The molecular weight excluding hydrogens is 246 g/mol. The summed E-state index contributed by atoms with van der Waals surface area (Å²) in [5, 5.41) is 3.22. The highest BCUT2D eigenvalue weighted by molar-refractivity contribution is 5.60. The number of nitrogens with one attached hydrogen (secondary N) is 1. The molecule has 0 aliphatic heterocycles. The van der Waals surface area contributed by atoms with Crippen LogP contribution in [-0.4, -0.2) is 23.6 Å². The minimum atomic E-state index is 0.422. The lowest BCUT2D eigenvalue weighted by Gasteiger charge is -2.17. The third-order valence-corrected chi connectivity index (χ3v) is 3.72. The van der Waals surface area contributed by atoms with E-state index in [1.54, 1.807) is 0 Å². The summed E-state index contributed by atoms with van der Waals surface area (Å²) in [4.78, 5) is 9.46. The molecule has 0 saturated heterocycles. The first-order valence-electron chi connectivity index (χ1n) is 7.10. The van der Waals surface area contributed by atoms with Crippen molar-refractivity contribution in [2.75, 3.05) is 13.6 Å². The van der Waals surface area contributed by atoms with Crippen molar-refractivity contribution >= 4 is 0 Å². The van der Waals surface area contributed by atoms with E-state index in [4.69, 9.17) is 9.97 Å². The Morgan fingerprint density at radius 2 is 1.65 bits per heavy atom. The minimum Gasteiger partial charge on any atom is -0.319 e. The highest BCUT2D eigenvalue weighted by Gasteiger charge is 2.15. The standard InChI is InChI=1S/C17H23N3/c1-11-8-6-7-9-15(11)17-19-13(3)16(14(4)20-17)12(2)10-18-5/h6-9,12,18H,10H2,1-5H3. The van der Waals surface area contributed by atoms with Gasteiger partial charge in [0.2, 0.25) is 0 Å². The molecule has 0 saturated carbocycles. The number of nitrogens with zero attached hydrogens (tertiary/aromatic N) is 2. The summed E-state index contributed by atoms with van der Waals surface area (Å²) in [6, 6.07) is 8.26. The molecule has 0 radical (unpaired) electrons. The number of likely N-dealkylation sites (N-methyl/N-ethyl adjacent to an activating group) is 1. The van der Waals surface area contributed by atoms with E-state index in [1.165, 1.54) is 11.1 Å². The molecule has 1 N–H and O–H groups in total. The first-order valence-corrected chi connectivity index (χ1v) is 7.10. The Bertz CT molecular complexity index is 582. The molecule has 1 atom stereocenters. The molecule has 0 bridgehead atoms. The quantitative estimate of drug-likeness (QED) is 0.924. The van der Waals surface area contributed by atoms with Crippen LogP contribution < -0.4 is 5.32 Å². The van der Waals surface area contributed by atoms with Crippen molar-refractivity contribution in [3.05, 3.63) is 46.8 Å². The van der Waals surface area contributed by atoms with Gasteiger partial charge in [-0.2, -0.15) is 0 Å². The van der Waals surface area contributed by atoms with Crippen LogP contribution in [0.25, 0.3) is 11.4 Å². The number of rotatable bonds is 4. The van der Waals surface area contributed by atoms with E-state index in [0.29, 0.717) is 5.92 Å². The zero-order valence-corrected chi connectivity index (χ0v) is 13.0. The lowest BCUT2D eigenvalue weighted by atomic mass is 9.97. The van der Waals surface area contributed by atoms with Crippen molar-refractivity contribution in [3.8, 4) is 11.4 Å². The van der Waals surface area contributed by atoms with Gasteiger partial charge in [0.15, 0.2) is 5.82 Å². The summed E-state index contributed by atoms with van der Waals surface area (Å²) >= 11 is 0. The maximum Gasteiger partial charge on any atom is 0.159 e. The fraction of sp³-hybridized carbons (Fsp3) is 0.412. The smallest absolute Gasteiger partial charge is 0.159 e. The van der Waals surface area contributed by atoms with Gasteiger partial charge in [-0.25, -0.2) is 9.97 Å². The van der Waals surface area contributed by atoms with Crippen LogP contribution in [-0.2, 0) is 0 Å². The Hall–Kier alpha value is -1.74. The normalized spacial score (nSPS) is 12.4. The number of benzene rings is 1. The van der Waals surface area contributed by atoms with Gasteiger partial charge in [0.25, 0.3) is 0 Å². The second-order valence-corrected chi connectivity index (χ2v) is 5.41. The Kier molecular flexibility index (Phi) is 4.50. The fourth-order valence-electron chi connectivity index (χ4n) is 2.79. The number of aryl methyl sites for hydroxylation is 3. The molecule has 0 aliphatic rings. The van der Waals surface area contributed by atoms with Crippen molar-refractivity contribution in [2.45, 2.75) is 33.6 Å². The van der Waals surface area contributed by atoms with E-state index < -0.39 is 0 Å². The molecule has 106 valence electrons. The average molecular weight is 269 g/mol. The third kappa shape index (κ3) is 2.88. The Morgan fingerprint density at radius 3 is 2.20 bits per heavy atom. The van der Waals surface area contributed by atoms with Crippen LogP contribution in [0.1, 0.15) is 35.4 Å². The van der Waals surface area contributed by atoms with Crippen molar-refractivity contribution in [2.24, 2.45) is 0 Å². The number of hydrogen-bond donors (Lipinski definition) is 1. The van der Waals surface area contributed by atoms with Gasteiger partial charge < -0.3 is 5.32 Å². The Morgan fingerprint density at radius 1 is 1.05 bits per heavy atom. The van der Waals surface area contributed by atoms with Gasteiger partial charge in [0.05, 0.1) is 0 Å². The molecule has 0 aliphatic carbocycles. The summed E-state index contributed by atoms with van der Waals surface area (Å²) in [6.45, 7) is 9.41. The maximum absolute atomic E-state index is 4.73. The van der Waals surface area contributed by atoms with Crippen LogP contribution in [0.15, 0.2) is 24.3 Å². The summed E-state index contributed by atoms with van der Waals surface area (Å²) < 4.78 is 0. The van der Waals surface area contributed by atoms with Crippen LogP contribution in [0.3, 0.4) is 0 Å². The molecule has 1 unspecified atom stereocenters. The summed E-state index contributed by atoms with van der Waals surface area (Å²) in [5.41, 5.74) is 5.75. The molecule has 2 aromatic rings. The van der Waals surface area contributed by atoms with Crippen LogP contribution in [0.2, 0.25) is 0 Å². The summed E-state index contributed by atoms with van der Waals surface area (Å²) in [6.07, 6.45) is 0. The van der Waals surface area contributed by atoms with Gasteiger partial charge in [0.1, 0.15) is 0 Å². The molecule has 20 heavy (non-hydrogen) atoms. The molecule has 1 heterocycles. The molecule has 1 aromatic heterocycles. The van der Waals surface area contributed by atoms with Crippen molar-refractivity contribution in [1.29, 1.82) is 0 Å². The van der Waals surface area contributed by atoms with Gasteiger partial charge in [-0.3, -0.25) is 0 Å². The van der Waals surface area contributed by atoms with Gasteiger partial charge in [0, 0.05) is 23.5 Å². The zero-order chi connectivity index (χ0) is 14.7. The van der Waals surface area contributed by atoms with E-state index in [2.05, 4.69) is 45.1 Å². The van der Waals surface area contributed by atoms with Gasteiger partial charge >= 0.3 is 0 Å². The number of hydrogen-bond acceptors (Lipinski definition) is 3. The van der Waals surface area contributed by atoms with E-state index in [9.17, 15) is 0 Å². The first kappa shape index (κ1) is 14.7. The lowest BCUT2D eigenvalue weighted by molar-refractivity contribution is 0.663. The minimum absolute atomic E-state index is 0.422. The molecular formula is C17H23N3. The Balaban J connectivity index is 2.48. The molecule has 1 aromatic carbocycles. The van der Waals surface area contributed by atoms with E-state index >= 15 is 0 Å². The highest BCUT2D eigenvalue weighted by Crippen LogP contribution is 2.25. The SMILES string of the molecule is CNCC(C)c1c(C)nc(-c2ccccc2C)nc1C. The molecule has 0 fully saturated rings. The average Bonchev–Trinajstić information content (AvgIpc) is 2.38. The monoisotopic (exact) mass is 269 g/mol. The molecule has 2 rings (SSSR count). The number of aromatic nitrogens is 2. The van der Waals surface area contributed by atoms with Crippen LogP contribution >= 0.6 is 0 Å². The van der Waals surface area contributed by atoms with Gasteiger partial charge in [-0.05, 0) is 44.9 Å². The van der Waals surface area contributed by atoms with Crippen molar-refractivity contribution in [1.82, 2.24) is 15.3 Å². The lowest BCUT2D eigenvalue weighted by Crippen LogP contribution is -2.17. The molecule has 0 amide bonds. The van der Waals surface area contributed by atoms with E-state index in [1.807, 2.05) is 19.2 Å². The van der Waals surface area contributed by atoms with Crippen LogP contribution in [0, 0.1) is 20.8 Å². The van der Waals surface area contributed by atoms with E-state index in [0.717, 1.165) is 29.3 Å². The summed E-state index contributed by atoms with van der Waals surface area (Å²) in [7, 11) is 1.98. The maximum atomic E-state index is 4.73. The fourth-order valence-corrected chi connectivity index (χ4v) is 2.79. The zero-order valence-electron chi connectivity index (χ0n) is 13.0. The van der Waals surface area contributed by atoms with Crippen LogP contribution in [0.4, 0.5) is 0 Å². The van der Waals surface area contributed by atoms with Crippen molar-refractivity contribution < 1.29 is 0 Å². The topological polar surface area (TPSA) is 37.8 Å². The highest BCUT2D eigenvalue weighted by atomic mass is 14.9. The molecule has 0 spiro atoms. The first-order chi connectivity index (χ1) is 9.54. The molecule has 3 nitrogen and oxygen atoms in total. The predicted molar refractivity (Wildman–Crippen MR) is 84.0 cm³/mol. The summed E-state index contributed by atoms with van der Waals surface area (Å²) in [5.74, 6) is 1.25. The van der Waals surface area contributed by atoms with Gasteiger partial charge in [-0.1, -0.05) is 31.2 Å². The second kappa shape index (κ2) is 6.14. The second-order valence-electron chi connectivity index (χ2n) is 5.41. The predicted octanol–water partition coefficient (Wildman–Crippen LogP) is 3.39. The van der Waals surface area contributed by atoms with Crippen LogP contribution in [0.5, 0.6) is 0 Å². The molecule has 3 heteroatoms. The van der Waals surface area contributed by atoms with E-state index in [-0.39, 0.29) is 0 Å². The third-order valence-electron chi connectivity index (χ3n) is 3.72. The largest absolute Gasteiger partial charge is 0.319 e.